The monoisotopic (exact) mass is 344 g/mol. The molecule has 2 heterocycles. The van der Waals surface area contributed by atoms with Crippen LogP contribution in [0.2, 0.25) is 0 Å². The van der Waals surface area contributed by atoms with Gasteiger partial charge in [-0.05, 0) is 26.0 Å². The minimum absolute atomic E-state index is 0.243. The van der Waals surface area contributed by atoms with Gasteiger partial charge in [0.15, 0.2) is 0 Å². The van der Waals surface area contributed by atoms with Crippen molar-refractivity contribution in [3.05, 3.63) is 44.4 Å². The summed E-state index contributed by atoms with van der Waals surface area (Å²) >= 11 is 0.879. The molecule has 0 amide bonds. The van der Waals surface area contributed by atoms with Gasteiger partial charge in [-0.3, -0.25) is 14.4 Å². The second-order valence-electron chi connectivity index (χ2n) is 5.40. The minimum Gasteiger partial charge on any atom is -0.493 e. The predicted molar refractivity (Wildman–Crippen MR) is 94.1 cm³/mol. The molecule has 1 aliphatic heterocycles. The molecular weight excluding hydrogens is 328 g/mol. The Labute approximate surface area is 142 Å². The fourth-order valence-corrected chi connectivity index (χ4v) is 3.55. The van der Waals surface area contributed by atoms with Crippen LogP contribution in [0.4, 0.5) is 5.69 Å². The summed E-state index contributed by atoms with van der Waals surface area (Å²) < 4.78 is 5.68. The van der Waals surface area contributed by atoms with Crippen LogP contribution < -0.4 is 4.87 Å². The Bertz CT molecular complexity index is 936. The number of aromatic hydroxyl groups is 1. The summed E-state index contributed by atoms with van der Waals surface area (Å²) in [6.07, 6.45) is 1.73. The maximum Gasteiger partial charge on any atom is 0.328 e. The average Bonchev–Trinajstić information content (AvgIpc) is 3.03. The third-order valence-electron chi connectivity index (χ3n) is 3.92. The van der Waals surface area contributed by atoms with Crippen molar-refractivity contribution in [3.63, 3.8) is 0 Å². The smallest absolute Gasteiger partial charge is 0.328 e. The van der Waals surface area contributed by atoms with Crippen molar-refractivity contribution < 1.29 is 14.6 Å². The number of para-hydroxylation sites is 1. The molecule has 3 rings (SSSR count). The number of benzene rings is 1. The van der Waals surface area contributed by atoms with E-state index in [0.717, 1.165) is 38.4 Å². The molecule has 0 saturated heterocycles. The van der Waals surface area contributed by atoms with Gasteiger partial charge in [0.2, 0.25) is 5.88 Å². The Morgan fingerprint density at radius 2 is 2.12 bits per heavy atom. The number of methoxy groups -OCH3 is 1. The Hall–Kier alpha value is -2.67. The first-order valence-electron chi connectivity index (χ1n) is 7.33. The van der Waals surface area contributed by atoms with Gasteiger partial charge in [-0.2, -0.15) is 0 Å². The number of aliphatic imine (C=N–C) groups is 1. The van der Waals surface area contributed by atoms with Gasteiger partial charge >= 0.3 is 10.8 Å². The van der Waals surface area contributed by atoms with E-state index in [2.05, 4.69) is 9.73 Å². The summed E-state index contributed by atoms with van der Waals surface area (Å²) in [5, 5.41) is 10.4. The number of hydrogen-bond acceptors (Lipinski definition) is 6. The second kappa shape index (κ2) is 6.09. The van der Waals surface area contributed by atoms with Crippen molar-refractivity contribution >= 4 is 40.4 Å². The van der Waals surface area contributed by atoms with E-state index in [0.29, 0.717) is 4.88 Å². The van der Waals surface area contributed by atoms with E-state index in [1.807, 2.05) is 31.2 Å². The van der Waals surface area contributed by atoms with Crippen molar-refractivity contribution in [2.24, 2.45) is 4.99 Å². The number of carbonyl (C=O) groups is 1. The molecular formula is C17H16N2O4S. The zero-order valence-electron chi connectivity index (χ0n) is 13.4. The van der Waals surface area contributed by atoms with Gasteiger partial charge in [0.25, 0.3) is 0 Å². The van der Waals surface area contributed by atoms with Gasteiger partial charge in [0.05, 0.1) is 17.7 Å². The van der Waals surface area contributed by atoms with Crippen molar-refractivity contribution in [1.29, 1.82) is 0 Å². The molecule has 1 N–H and O–H groups in total. The number of allylic oxidation sites excluding steroid dienone is 1. The molecule has 24 heavy (non-hydrogen) atoms. The number of rotatable bonds is 3. The highest BCUT2D eigenvalue weighted by atomic mass is 32.1. The fourth-order valence-electron chi connectivity index (χ4n) is 2.65. The summed E-state index contributed by atoms with van der Waals surface area (Å²) in [6.45, 7) is 3.38. The maximum absolute atomic E-state index is 12.2. The highest BCUT2D eigenvalue weighted by Crippen LogP contribution is 2.37. The molecule has 1 aliphatic rings. The van der Waals surface area contributed by atoms with Gasteiger partial charge in [0, 0.05) is 16.8 Å². The summed E-state index contributed by atoms with van der Waals surface area (Å²) in [5.41, 5.74) is 3.46. The molecule has 1 atom stereocenters. The number of thiazole rings is 1. The zero-order valence-corrected chi connectivity index (χ0v) is 14.3. The van der Waals surface area contributed by atoms with Crippen LogP contribution in [0.25, 0.3) is 11.6 Å². The summed E-state index contributed by atoms with van der Waals surface area (Å²) in [6, 6.07) is 6.77. The lowest BCUT2D eigenvalue weighted by Gasteiger charge is -2.10. The number of ether oxygens (including phenoxy) is 1. The van der Waals surface area contributed by atoms with E-state index in [-0.39, 0.29) is 5.88 Å². The summed E-state index contributed by atoms with van der Waals surface area (Å²) in [5.74, 6) is -0.832. The SMILES string of the molecule is COC(=O)[C@@H](C)n1c(O)c(C=C2C(C)=Nc3ccccc32)sc1=O. The lowest BCUT2D eigenvalue weighted by molar-refractivity contribution is -0.144. The summed E-state index contributed by atoms with van der Waals surface area (Å²) in [4.78, 5) is 28.3. The molecule has 0 saturated carbocycles. The Balaban J connectivity index is 2.09. The average molecular weight is 344 g/mol. The molecule has 0 unspecified atom stereocenters. The number of fused-ring (bicyclic) bond motifs is 1. The first-order chi connectivity index (χ1) is 11.4. The van der Waals surface area contributed by atoms with E-state index < -0.39 is 16.9 Å². The van der Waals surface area contributed by atoms with Crippen LogP contribution in [0, 0.1) is 0 Å². The van der Waals surface area contributed by atoms with Crippen LogP contribution in [-0.4, -0.2) is 28.5 Å². The molecule has 0 bridgehead atoms. The van der Waals surface area contributed by atoms with E-state index in [1.54, 1.807) is 6.08 Å². The lowest BCUT2D eigenvalue weighted by atomic mass is 10.0. The van der Waals surface area contributed by atoms with Crippen molar-refractivity contribution in [2.75, 3.05) is 7.11 Å². The summed E-state index contributed by atoms with van der Waals surface area (Å²) in [7, 11) is 1.24. The van der Waals surface area contributed by atoms with Crippen LogP contribution in [-0.2, 0) is 9.53 Å². The number of esters is 1. The van der Waals surface area contributed by atoms with E-state index >= 15 is 0 Å². The maximum atomic E-state index is 12.2. The second-order valence-corrected chi connectivity index (χ2v) is 6.39. The van der Waals surface area contributed by atoms with E-state index in [9.17, 15) is 14.7 Å². The van der Waals surface area contributed by atoms with Crippen LogP contribution >= 0.6 is 11.3 Å². The van der Waals surface area contributed by atoms with Crippen LogP contribution in [0.5, 0.6) is 5.88 Å². The zero-order chi connectivity index (χ0) is 17.4. The fraction of sp³-hybridized carbons (Fsp3) is 0.235. The third-order valence-corrected chi connectivity index (χ3v) is 4.81. The Morgan fingerprint density at radius 3 is 2.83 bits per heavy atom. The van der Waals surface area contributed by atoms with E-state index in [1.165, 1.54) is 14.0 Å². The van der Waals surface area contributed by atoms with Crippen LogP contribution in [0.1, 0.15) is 30.3 Å². The molecule has 1 aromatic carbocycles. The Kier molecular flexibility index (Phi) is 4.11. The van der Waals surface area contributed by atoms with Gasteiger partial charge in [-0.15, -0.1) is 0 Å². The highest BCUT2D eigenvalue weighted by Gasteiger charge is 2.25. The largest absolute Gasteiger partial charge is 0.493 e. The topological polar surface area (TPSA) is 80.9 Å². The molecule has 0 radical (unpaired) electrons. The van der Waals surface area contributed by atoms with Crippen LogP contribution in [0.15, 0.2) is 34.1 Å². The Morgan fingerprint density at radius 1 is 1.42 bits per heavy atom. The standard InChI is InChI=1S/C17H16N2O4S/c1-9-12(11-6-4-5-7-13(11)18-9)8-14-15(20)19(17(22)24-14)10(2)16(21)23-3/h4-8,10,20H,1-3H3/t10-/m1/s1. The number of aromatic nitrogens is 1. The van der Waals surface area contributed by atoms with Crippen molar-refractivity contribution in [1.82, 2.24) is 4.57 Å². The van der Waals surface area contributed by atoms with Gasteiger partial charge in [-0.1, -0.05) is 29.5 Å². The van der Waals surface area contributed by atoms with Gasteiger partial charge < -0.3 is 9.84 Å². The molecule has 0 aliphatic carbocycles. The van der Waals surface area contributed by atoms with Crippen molar-refractivity contribution in [2.45, 2.75) is 19.9 Å². The number of nitrogens with zero attached hydrogens (tertiary/aromatic N) is 2. The third kappa shape index (κ3) is 2.56. The molecule has 7 heteroatoms. The van der Waals surface area contributed by atoms with Crippen LogP contribution in [0.3, 0.4) is 0 Å². The van der Waals surface area contributed by atoms with Crippen molar-refractivity contribution in [3.8, 4) is 5.88 Å². The molecule has 0 fully saturated rings. The predicted octanol–water partition coefficient (Wildman–Crippen LogP) is 3.00. The first kappa shape index (κ1) is 16.2. The number of hydrogen-bond donors (Lipinski definition) is 1. The normalized spacial score (nSPS) is 16.0. The molecule has 2 aromatic rings. The molecule has 0 spiro atoms. The lowest BCUT2D eigenvalue weighted by Crippen LogP contribution is -2.24. The molecule has 124 valence electrons. The highest BCUT2D eigenvalue weighted by molar-refractivity contribution is 7.10. The molecule has 1 aromatic heterocycles. The van der Waals surface area contributed by atoms with E-state index in [4.69, 9.17) is 0 Å². The van der Waals surface area contributed by atoms with Gasteiger partial charge in [0.1, 0.15) is 6.04 Å². The quantitative estimate of drug-likeness (QED) is 0.868. The van der Waals surface area contributed by atoms with Gasteiger partial charge in [-0.25, -0.2) is 4.79 Å². The number of carbonyl (C=O) groups excluding carboxylic acids is 1. The molecule has 6 nitrogen and oxygen atoms in total. The first-order valence-corrected chi connectivity index (χ1v) is 8.14. The minimum atomic E-state index is -0.892.